The number of hydrogen-bond acceptors (Lipinski definition) is 7. The molecule has 174 valence electrons. The molecule has 0 fully saturated rings. The fourth-order valence-electron chi connectivity index (χ4n) is 3.45. The summed E-state index contributed by atoms with van der Waals surface area (Å²) in [6.45, 7) is 3.58. The summed E-state index contributed by atoms with van der Waals surface area (Å²) in [5.74, 6) is 0.993. The van der Waals surface area contributed by atoms with Crippen LogP contribution in [0.2, 0.25) is 0 Å². The smallest absolute Gasteiger partial charge is 0.325 e. The summed E-state index contributed by atoms with van der Waals surface area (Å²) in [4.78, 5) is 29.8. The fraction of sp³-hybridized carbons (Fsp3) is 0.375. The zero-order valence-corrected chi connectivity index (χ0v) is 19.5. The molecule has 2 aromatic carbocycles. The second kappa shape index (κ2) is 10.5. The van der Waals surface area contributed by atoms with Crippen molar-refractivity contribution in [1.82, 2.24) is 4.57 Å². The first kappa shape index (κ1) is 22.8. The molecule has 0 unspecified atom stereocenters. The number of methoxy groups -OCH3 is 1. The molecule has 0 spiro atoms. The highest BCUT2D eigenvalue weighted by Gasteiger charge is 2.18. The quantitative estimate of drug-likeness (QED) is 0.366. The molecule has 9 heteroatoms. The molecule has 0 saturated carbocycles. The van der Waals surface area contributed by atoms with Gasteiger partial charge < -0.3 is 23.5 Å². The number of nitrogens with zero attached hydrogens (tertiary/aromatic N) is 2. The zero-order chi connectivity index (χ0) is 23.2. The van der Waals surface area contributed by atoms with Gasteiger partial charge >= 0.3 is 5.97 Å². The molecule has 1 aromatic heterocycles. The summed E-state index contributed by atoms with van der Waals surface area (Å²) < 4.78 is 24.4. The molecule has 0 radical (unpaired) electrons. The first-order chi connectivity index (χ1) is 16.1. The van der Waals surface area contributed by atoms with Gasteiger partial charge in [-0.1, -0.05) is 37.2 Å². The fourth-order valence-corrected chi connectivity index (χ4v) is 4.49. The van der Waals surface area contributed by atoms with Gasteiger partial charge in [0.05, 0.1) is 23.9 Å². The number of rotatable bonds is 8. The summed E-state index contributed by atoms with van der Waals surface area (Å²) in [6, 6.07) is 10.6. The van der Waals surface area contributed by atoms with Gasteiger partial charge in [0.1, 0.15) is 25.5 Å². The Bertz CT molecular complexity index is 1230. The third kappa shape index (κ3) is 5.36. The van der Waals surface area contributed by atoms with E-state index in [1.165, 1.54) is 18.4 Å². The average molecular weight is 471 g/mol. The first-order valence-electron chi connectivity index (χ1n) is 10.9. The van der Waals surface area contributed by atoms with Crippen molar-refractivity contribution in [3.8, 4) is 17.2 Å². The van der Waals surface area contributed by atoms with Crippen LogP contribution in [0.3, 0.4) is 0 Å². The van der Waals surface area contributed by atoms with E-state index in [0.29, 0.717) is 53.0 Å². The van der Waals surface area contributed by atoms with E-state index >= 15 is 0 Å². The van der Waals surface area contributed by atoms with Crippen molar-refractivity contribution in [1.29, 1.82) is 0 Å². The number of amides is 1. The number of aromatic nitrogens is 1. The minimum atomic E-state index is -0.444. The summed E-state index contributed by atoms with van der Waals surface area (Å²) in [7, 11) is 1.32. The standard InChI is InChI=1S/C24H26N2O6S/c1-3-4-5-9-30-17-8-6-7-16(12-17)23(28)25-24-26(15-22(27)29-2)18-13-19-20(14-21(18)33-24)32-11-10-31-19/h6-8,12-14H,3-5,9-11,15H2,1-2H3. The van der Waals surface area contributed by atoms with Crippen LogP contribution in [-0.2, 0) is 16.1 Å². The first-order valence-corrected chi connectivity index (χ1v) is 11.7. The van der Waals surface area contributed by atoms with Crippen LogP contribution < -0.4 is 19.0 Å². The van der Waals surface area contributed by atoms with E-state index in [0.717, 1.165) is 24.0 Å². The van der Waals surface area contributed by atoms with Crippen LogP contribution in [0.25, 0.3) is 10.2 Å². The Hall–Kier alpha value is -3.33. The predicted molar refractivity (Wildman–Crippen MR) is 124 cm³/mol. The second-order valence-electron chi connectivity index (χ2n) is 7.51. The number of esters is 1. The largest absolute Gasteiger partial charge is 0.494 e. The Morgan fingerprint density at radius 1 is 1.12 bits per heavy atom. The molecule has 0 bridgehead atoms. The van der Waals surface area contributed by atoms with Crippen LogP contribution in [-0.4, -0.2) is 43.4 Å². The lowest BCUT2D eigenvalue weighted by atomic mass is 10.2. The number of ether oxygens (including phenoxy) is 4. The van der Waals surface area contributed by atoms with Crippen molar-refractivity contribution in [2.45, 2.75) is 32.7 Å². The van der Waals surface area contributed by atoms with Gasteiger partial charge in [0.2, 0.25) is 0 Å². The minimum absolute atomic E-state index is 0.0805. The molecule has 0 saturated heterocycles. The van der Waals surface area contributed by atoms with Crippen LogP contribution in [0.15, 0.2) is 41.4 Å². The van der Waals surface area contributed by atoms with Crippen LogP contribution in [0.1, 0.15) is 36.5 Å². The van der Waals surface area contributed by atoms with E-state index in [1.54, 1.807) is 28.8 Å². The highest BCUT2D eigenvalue weighted by atomic mass is 32.1. The predicted octanol–water partition coefficient (Wildman–Crippen LogP) is 3.96. The van der Waals surface area contributed by atoms with Crippen LogP contribution in [0, 0.1) is 0 Å². The van der Waals surface area contributed by atoms with E-state index in [2.05, 4.69) is 11.9 Å². The number of thiazole rings is 1. The summed E-state index contributed by atoms with van der Waals surface area (Å²) in [5, 5.41) is 0. The summed E-state index contributed by atoms with van der Waals surface area (Å²) >= 11 is 1.30. The van der Waals surface area contributed by atoms with E-state index in [-0.39, 0.29) is 6.54 Å². The Kier molecular flexibility index (Phi) is 7.29. The lowest BCUT2D eigenvalue weighted by Gasteiger charge is -2.18. The van der Waals surface area contributed by atoms with Gasteiger partial charge in [0.25, 0.3) is 5.91 Å². The molecule has 1 aliphatic heterocycles. The molecule has 0 N–H and O–H groups in total. The molecule has 4 rings (SSSR count). The van der Waals surface area contributed by atoms with Crippen molar-refractivity contribution < 1.29 is 28.5 Å². The van der Waals surface area contributed by atoms with Crippen molar-refractivity contribution in [2.24, 2.45) is 4.99 Å². The molecular weight excluding hydrogens is 444 g/mol. The van der Waals surface area contributed by atoms with Crippen molar-refractivity contribution in [3.63, 3.8) is 0 Å². The Labute approximate surface area is 195 Å². The number of hydrogen-bond donors (Lipinski definition) is 0. The van der Waals surface area contributed by atoms with E-state index < -0.39 is 11.9 Å². The van der Waals surface area contributed by atoms with E-state index in [4.69, 9.17) is 18.9 Å². The van der Waals surface area contributed by atoms with Crippen molar-refractivity contribution >= 4 is 33.4 Å². The van der Waals surface area contributed by atoms with Gasteiger partial charge in [0, 0.05) is 17.7 Å². The molecule has 2 heterocycles. The van der Waals surface area contributed by atoms with E-state index in [9.17, 15) is 9.59 Å². The third-order valence-electron chi connectivity index (χ3n) is 5.16. The Morgan fingerprint density at radius 3 is 2.67 bits per heavy atom. The van der Waals surface area contributed by atoms with Gasteiger partial charge in [-0.15, -0.1) is 0 Å². The second-order valence-corrected chi connectivity index (χ2v) is 8.52. The Balaban J connectivity index is 1.69. The zero-order valence-electron chi connectivity index (χ0n) is 18.7. The summed E-state index contributed by atoms with van der Waals surface area (Å²) in [5.41, 5.74) is 1.13. The molecule has 1 aliphatic rings. The number of carbonyl (C=O) groups excluding carboxylic acids is 2. The highest BCUT2D eigenvalue weighted by molar-refractivity contribution is 7.16. The topological polar surface area (TPSA) is 88.4 Å². The van der Waals surface area contributed by atoms with Crippen LogP contribution in [0.4, 0.5) is 0 Å². The minimum Gasteiger partial charge on any atom is -0.494 e. The van der Waals surface area contributed by atoms with Gasteiger partial charge in [0.15, 0.2) is 16.3 Å². The monoisotopic (exact) mass is 470 g/mol. The van der Waals surface area contributed by atoms with Gasteiger partial charge in [-0.05, 0) is 24.6 Å². The lowest BCUT2D eigenvalue weighted by molar-refractivity contribution is -0.141. The number of benzene rings is 2. The van der Waals surface area contributed by atoms with Crippen LogP contribution >= 0.6 is 11.3 Å². The molecule has 8 nitrogen and oxygen atoms in total. The summed E-state index contributed by atoms with van der Waals surface area (Å²) in [6.07, 6.45) is 3.17. The van der Waals surface area contributed by atoms with E-state index in [1.807, 2.05) is 12.1 Å². The van der Waals surface area contributed by atoms with Gasteiger partial charge in [-0.2, -0.15) is 4.99 Å². The lowest BCUT2D eigenvalue weighted by Crippen LogP contribution is -2.22. The number of unbranched alkanes of at least 4 members (excludes halogenated alkanes) is 2. The maximum absolute atomic E-state index is 13.0. The highest BCUT2D eigenvalue weighted by Crippen LogP contribution is 2.35. The molecular formula is C24H26N2O6S. The number of carbonyl (C=O) groups is 2. The molecule has 33 heavy (non-hydrogen) atoms. The van der Waals surface area contributed by atoms with Crippen LogP contribution in [0.5, 0.6) is 17.2 Å². The SMILES string of the molecule is CCCCCOc1cccc(C(=O)N=c2sc3cc4c(cc3n2CC(=O)OC)OCCO4)c1. The maximum atomic E-state index is 13.0. The van der Waals surface area contributed by atoms with Crippen molar-refractivity contribution in [2.75, 3.05) is 26.9 Å². The maximum Gasteiger partial charge on any atom is 0.325 e. The number of fused-ring (bicyclic) bond motifs is 2. The average Bonchev–Trinajstić information content (AvgIpc) is 3.15. The molecule has 3 aromatic rings. The van der Waals surface area contributed by atoms with Gasteiger partial charge in [-0.25, -0.2) is 0 Å². The molecule has 1 amide bonds. The molecule has 0 aliphatic carbocycles. The van der Waals surface area contributed by atoms with Gasteiger partial charge in [-0.3, -0.25) is 9.59 Å². The normalized spacial score (nSPS) is 13.2. The molecule has 0 atom stereocenters. The Morgan fingerprint density at radius 2 is 1.91 bits per heavy atom. The van der Waals surface area contributed by atoms with Crippen molar-refractivity contribution in [3.05, 3.63) is 46.8 Å². The third-order valence-corrected chi connectivity index (χ3v) is 6.20.